The van der Waals surface area contributed by atoms with Gasteiger partial charge in [-0.25, -0.2) is 0 Å². The second-order valence-electron chi connectivity index (χ2n) is 14.5. The molecule has 0 aromatic heterocycles. The summed E-state index contributed by atoms with van der Waals surface area (Å²) in [5.74, 6) is 1.87. The van der Waals surface area contributed by atoms with E-state index < -0.39 is 0 Å². The molecule has 260 valence electrons. The van der Waals surface area contributed by atoms with Crippen LogP contribution in [0.4, 0.5) is 5.69 Å². The molecule has 0 atom stereocenters. The molecule has 0 unspecified atom stereocenters. The van der Waals surface area contributed by atoms with Crippen LogP contribution in [0, 0.1) is 0 Å². The second kappa shape index (κ2) is 26.7. The van der Waals surface area contributed by atoms with Crippen molar-refractivity contribution in [2.75, 3.05) is 40.9 Å². The van der Waals surface area contributed by atoms with Crippen molar-refractivity contribution in [1.29, 1.82) is 0 Å². The van der Waals surface area contributed by atoms with Crippen LogP contribution in [-0.4, -0.2) is 51.6 Å². The highest BCUT2D eigenvalue weighted by atomic mass is 16.5. The van der Waals surface area contributed by atoms with E-state index in [0.717, 1.165) is 53.3 Å². The minimum atomic E-state index is 0.796. The lowest BCUT2D eigenvalue weighted by Crippen LogP contribution is -2.35. The monoisotopic (exact) mass is 636 g/mol. The molecule has 0 aliphatic heterocycles. The zero-order chi connectivity index (χ0) is 33.0. The van der Waals surface area contributed by atoms with Gasteiger partial charge in [-0.15, -0.1) is 0 Å². The molecular weight excluding hydrogens is 564 g/mol. The molecule has 0 saturated heterocycles. The lowest BCUT2D eigenvalue weighted by molar-refractivity contribution is -0.870. The first-order chi connectivity index (χ1) is 22.5. The maximum Gasteiger partial charge on any atom is 0.119 e. The Kier molecular flexibility index (Phi) is 23.1. The Morgan fingerprint density at radius 3 is 1.26 bits per heavy atom. The smallest absolute Gasteiger partial charge is 0.119 e. The molecule has 46 heavy (non-hydrogen) atoms. The maximum absolute atomic E-state index is 5.98. The summed E-state index contributed by atoms with van der Waals surface area (Å²) < 4.78 is 13.0. The fourth-order valence-corrected chi connectivity index (χ4v) is 5.85. The van der Waals surface area contributed by atoms with Crippen LogP contribution >= 0.6 is 0 Å². The summed E-state index contributed by atoms with van der Waals surface area (Å²) in [7, 11) is 6.88. The Labute approximate surface area is 285 Å². The van der Waals surface area contributed by atoms with Crippen LogP contribution in [0.1, 0.15) is 154 Å². The van der Waals surface area contributed by atoms with Gasteiger partial charge in [-0.05, 0) is 79.8 Å². The van der Waals surface area contributed by atoms with Gasteiger partial charge < -0.3 is 14.0 Å². The molecule has 0 fully saturated rings. The minimum absolute atomic E-state index is 0.796. The zero-order valence-electron chi connectivity index (χ0n) is 30.6. The molecule has 2 aromatic rings. The van der Waals surface area contributed by atoms with Gasteiger partial charge in [-0.3, -0.25) is 4.99 Å². The fraction of sp³-hybridized carbons (Fsp3) is 0.690. The Morgan fingerprint density at radius 2 is 0.848 bits per heavy atom. The van der Waals surface area contributed by atoms with Gasteiger partial charge in [0.05, 0.1) is 46.6 Å². The van der Waals surface area contributed by atoms with E-state index in [0.29, 0.717) is 0 Å². The standard InChI is InChI=1S/C42H71N2O2/c1-5-6-7-8-9-19-22-26-37-46-42-33-29-40(30-34-42)43-38-39-27-31-41(32-28-39)45-36-25-23-20-17-15-13-11-10-12-14-16-18-21-24-35-44(2,3)4/h27-34,38H,5-26,35-37H2,1-4H3/q+1. The van der Waals surface area contributed by atoms with Crippen LogP contribution in [0.25, 0.3) is 0 Å². The van der Waals surface area contributed by atoms with Crippen molar-refractivity contribution in [3.8, 4) is 11.5 Å². The maximum atomic E-state index is 5.98. The molecule has 0 N–H and O–H groups in total. The van der Waals surface area contributed by atoms with Gasteiger partial charge in [-0.2, -0.15) is 0 Å². The van der Waals surface area contributed by atoms with Crippen LogP contribution in [-0.2, 0) is 0 Å². The van der Waals surface area contributed by atoms with Crippen LogP contribution in [0.3, 0.4) is 0 Å². The Balaban J connectivity index is 1.41. The summed E-state index contributed by atoms with van der Waals surface area (Å²) in [6, 6.07) is 16.3. The number of aliphatic imine (C=N–C) groups is 1. The quantitative estimate of drug-likeness (QED) is 0.0486. The third kappa shape index (κ3) is 23.1. The summed E-state index contributed by atoms with van der Waals surface area (Å²) in [4.78, 5) is 4.63. The van der Waals surface area contributed by atoms with Gasteiger partial charge in [0.15, 0.2) is 0 Å². The van der Waals surface area contributed by atoms with Gasteiger partial charge >= 0.3 is 0 Å². The third-order valence-corrected chi connectivity index (χ3v) is 8.84. The summed E-state index contributed by atoms with van der Waals surface area (Å²) >= 11 is 0. The highest BCUT2D eigenvalue weighted by molar-refractivity contribution is 5.82. The predicted molar refractivity (Wildman–Crippen MR) is 201 cm³/mol. The van der Waals surface area contributed by atoms with Crippen molar-refractivity contribution in [1.82, 2.24) is 0 Å². The van der Waals surface area contributed by atoms with E-state index in [9.17, 15) is 0 Å². The van der Waals surface area contributed by atoms with E-state index in [1.165, 1.54) is 135 Å². The van der Waals surface area contributed by atoms with Crippen molar-refractivity contribution in [2.24, 2.45) is 4.99 Å². The number of hydrogen-bond acceptors (Lipinski definition) is 3. The molecule has 0 spiro atoms. The molecular formula is C42H71N2O2+. The molecule has 4 heteroatoms. The molecule has 0 heterocycles. The van der Waals surface area contributed by atoms with E-state index in [-0.39, 0.29) is 0 Å². The topological polar surface area (TPSA) is 30.8 Å². The van der Waals surface area contributed by atoms with Crippen LogP contribution in [0.2, 0.25) is 0 Å². The van der Waals surface area contributed by atoms with Crippen molar-refractivity contribution < 1.29 is 14.0 Å². The number of quaternary nitrogens is 1. The highest BCUT2D eigenvalue weighted by Gasteiger charge is 2.05. The van der Waals surface area contributed by atoms with E-state index >= 15 is 0 Å². The average molecular weight is 636 g/mol. The minimum Gasteiger partial charge on any atom is -0.494 e. The number of hydrogen-bond donors (Lipinski definition) is 0. The van der Waals surface area contributed by atoms with Crippen molar-refractivity contribution in [3.05, 3.63) is 54.1 Å². The predicted octanol–water partition coefficient (Wildman–Crippen LogP) is 12.5. The first-order valence-corrected chi connectivity index (χ1v) is 19.3. The molecule has 2 rings (SSSR count). The summed E-state index contributed by atoms with van der Waals surface area (Å²) in [6.07, 6.45) is 31.7. The zero-order valence-corrected chi connectivity index (χ0v) is 30.6. The lowest BCUT2D eigenvalue weighted by Gasteiger charge is -2.23. The third-order valence-electron chi connectivity index (χ3n) is 8.84. The Bertz CT molecular complexity index is 978. The average Bonchev–Trinajstić information content (AvgIpc) is 3.05. The molecule has 0 radical (unpaired) electrons. The summed E-state index contributed by atoms with van der Waals surface area (Å²) in [5, 5.41) is 0. The van der Waals surface area contributed by atoms with Crippen LogP contribution in [0.5, 0.6) is 11.5 Å². The van der Waals surface area contributed by atoms with E-state index in [2.05, 4.69) is 57.3 Å². The molecule has 4 nitrogen and oxygen atoms in total. The van der Waals surface area contributed by atoms with Crippen molar-refractivity contribution in [2.45, 2.75) is 148 Å². The molecule has 0 bridgehead atoms. The van der Waals surface area contributed by atoms with Crippen molar-refractivity contribution >= 4 is 11.9 Å². The molecule has 0 saturated carbocycles. The van der Waals surface area contributed by atoms with Crippen LogP contribution < -0.4 is 9.47 Å². The summed E-state index contributed by atoms with van der Waals surface area (Å²) in [5.41, 5.74) is 2.01. The SMILES string of the molecule is CCCCCCCCCCOc1ccc(N=Cc2ccc(OCCCCCCCCCCCCCCCC[N+](C)(C)C)cc2)cc1. The van der Waals surface area contributed by atoms with Gasteiger partial charge in [0, 0.05) is 6.21 Å². The number of ether oxygens (including phenoxy) is 2. The number of nitrogens with zero attached hydrogens (tertiary/aromatic N) is 2. The van der Waals surface area contributed by atoms with E-state index in [1.807, 2.05) is 30.5 Å². The van der Waals surface area contributed by atoms with Crippen LogP contribution in [0.15, 0.2) is 53.5 Å². The van der Waals surface area contributed by atoms with Gasteiger partial charge in [-0.1, -0.05) is 122 Å². The Hall–Kier alpha value is -2.33. The second-order valence-corrected chi connectivity index (χ2v) is 14.5. The largest absolute Gasteiger partial charge is 0.494 e. The number of rotatable bonds is 30. The molecule has 2 aromatic carbocycles. The first kappa shape index (κ1) is 39.8. The van der Waals surface area contributed by atoms with E-state index in [1.54, 1.807) is 0 Å². The number of unbranched alkanes of at least 4 members (excludes halogenated alkanes) is 20. The first-order valence-electron chi connectivity index (χ1n) is 19.3. The van der Waals surface area contributed by atoms with Gasteiger partial charge in [0.1, 0.15) is 11.5 Å². The van der Waals surface area contributed by atoms with Gasteiger partial charge in [0.25, 0.3) is 0 Å². The molecule has 0 aliphatic carbocycles. The Morgan fingerprint density at radius 1 is 0.478 bits per heavy atom. The molecule has 0 amide bonds. The summed E-state index contributed by atoms with van der Waals surface area (Å²) in [6.45, 7) is 5.18. The lowest BCUT2D eigenvalue weighted by atomic mass is 10.0. The van der Waals surface area contributed by atoms with Gasteiger partial charge in [0.2, 0.25) is 0 Å². The van der Waals surface area contributed by atoms with Crippen molar-refractivity contribution in [3.63, 3.8) is 0 Å². The molecule has 0 aliphatic rings. The van der Waals surface area contributed by atoms with E-state index in [4.69, 9.17) is 9.47 Å². The fourth-order valence-electron chi connectivity index (χ4n) is 5.85. The highest BCUT2D eigenvalue weighted by Crippen LogP contribution is 2.20. The number of benzene rings is 2. The normalized spacial score (nSPS) is 11.8.